The summed E-state index contributed by atoms with van der Waals surface area (Å²) in [4.78, 5) is 54.5. The lowest BCUT2D eigenvalue weighted by molar-refractivity contribution is -0.288. The summed E-state index contributed by atoms with van der Waals surface area (Å²) in [7, 11) is 0. The van der Waals surface area contributed by atoms with Gasteiger partial charge in [-0.15, -0.1) is 0 Å². The van der Waals surface area contributed by atoms with E-state index in [0.29, 0.717) is 52.1 Å². The number of imide groups is 2. The van der Waals surface area contributed by atoms with Crippen molar-refractivity contribution in [2.24, 2.45) is 0 Å². The van der Waals surface area contributed by atoms with Gasteiger partial charge in [-0.3, -0.25) is 24.1 Å². The zero-order valence-electron chi connectivity index (χ0n) is 28.1. The topological polar surface area (TPSA) is 104 Å². The van der Waals surface area contributed by atoms with Gasteiger partial charge >= 0.3 is 12.4 Å². The van der Waals surface area contributed by atoms with Gasteiger partial charge in [-0.25, -0.2) is 4.90 Å². The first-order chi connectivity index (χ1) is 24.0. The summed E-state index contributed by atoms with van der Waals surface area (Å²) >= 11 is 0. The lowest BCUT2D eigenvalue weighted by Gasteiger charge is -2.38. The van der Waals surface area contributed by atoms with E-state index in [9.17, 15) is 24.3 Å². The summed E-state index contributed by atoms with van der Waals surface area (Å²) in [6, 6.07) is 12.5. The molecule has 0 aliphatic carbocycles. The molecular formula is C38H28F6N2O6. The number of halogens is 6. The first-order valence-electron chi connectivity index (χ1n) is 15.9. The summed E-state index contributed by atoms with van der Waals surface area (Å²) in [6.07, 6.45) is -12.2. The van der Waals surface area contributed by atoms with E-state index >= 15 is 26.3 Å². The molecule has 268 valence electrons. The fourth-order valence-corrected chi connectivity index (χ4v) is 7.22. The summed E-state index contributed by atoms with van der Waals surface area (Å²) in [5.74, 6) is -4.23. The molecule has 0 atom stereocenters. The summed E-state index contributed by atoms with van der Waals surface area (Å²) < 4.78 is 96.6. The lowest BCUT2D eigenvalue weighted by atomic mass is 9.71. The average Bonchev–Trinajstić information content (AvgIpc) is 3.42. The van der Waals surface area contributed by atoms with Gasteiger partial charge in [0.25, 0.3) is 23.6 Å². The van der Waals surface area contributed by atoms with E-state index in [1.165, 1.54) is 39.0 Å². The number of carbonyl (C=O) groups is 4. The second-order valence-corrected chi connectivity index (χ2v) is 14.4. The van der Waals surface area contributed by atoms with Crippen molar-refractivity contribution in [1.29, 1.82) is 0 Å². The zero-order valence-corrected chi connectivity index (χ0v) is 28.1. The molecule has 14 heteroatoms. The fourth-order valence-electron chi connectivity index (χ4n) is 7.22. The number of hydrogen-bond donors (Lipinski definition) is 1. The van der Waals surface area contributed by atoms with Crippen molar-refractivity contribution in [1.82, 2.24) is 4.90 Å². The van der Waals surface area contributed by atoms with Crippen molar-refractivity contribution in [3.63, 3.8) is 0 Å². The van der Waals surface area contributed by atoms with Gasteiger partial charge in [0.05, 0.1) is 27.9 Å². The number of alkyl halides is 6. The maximum Gasteiger partial charge on any atom is 0.411 e. The quantitative estimate of drug-likeness (QED) is 0.168. The Morgan fingerprint density at radius 3 is 1.60 bits per heavy atom. The van der Waals surface area contributed by atoms with Crippen molar-refractivity contribution in [2.45, 2.75) is 63.5 Å². The molecule has 0 saturated heterocycles. The summed E-state index contributed by atoms with van der Waals surface area (Å²) in [6.45, 7) is 8.23. The Hall–Kier alpha value is -5.66. The third kappa shape index (κ3) is 4.68. The minimum atomic E-state index is -6.11. The molecule has 0 spiro atoms. The Labute approximate surface area is 292 Å². The van der Waals surface area contributed by atoms with Gasteiger partial charge in [0, 0.05) is 11.1 Å². The van der Waals surface area contributed by atoms with E-state index in [0.717, 1.165) is 16.5 Å². The fraction of sp³-hybridized carbons (Fsp3) is 0.263. The number of phenolic OH excluding ortho intramolecular Hbond substituents is 1. The highest BCUT2D eigenvalue weighted by atomic mass is 19.4. The van der Waals surface area contributed by atoms with Crippen LogP contribution in [0.2, 0.25) is 0 Å². The standard InChI is InChI=1S/C38H28F6N2O6/c1-34(2,3)46-32(50)23-11-9-21(17-25(23)33(46)51)36(37(39,40)41,38(42,43)44)20-8-10-22-24(16-20)31(49)45(30(22)48)27-13-7-18(14-28(27)47)19-6-12-26-29(15-19)52-35(26,4)5/h6-17,47H,1-5H3. The van der Waals surface area contributed by atoms with E-state index in [4.69, 9.17) is 4.74 Å². The largest absolute Gasteiger partial charge is 0.506 e. The third-order valence-corrected chi connectivity index (χ3v) is 9.71. The van der Waals surface area contributed by atoms with Crippen LogP contribution in [-0.2, 0) is 11.0 Å². The number of anilines is 1. The van der Waals surface area contributed by atoms with Crippen molar-refractivity contribution in [2.75, 3.05) is 4.90 Å². The SMILES string of the molecule is CC1(C)Oc2cc(-c3ccc(N4C(=O)c5ccc(C(c6ccc7c(c6)C(=O)N(C(C)(C)C)C7=O)(C(F)(F)F)C(F)(F)F)cc5C4=O)c(O)c3)ccc21. The van der Waals surface area contributed by atoms with Gasteiger partial charge in [0.1, 0.15) is 17.1 Å². The molecule has 0 bridgehead atoms. The summed E-state index contributed by atoms with van der Waals surface area (Å²) in [5.41, 5.74) is -9.83. The highest BCUT2D eigenvalue weighted by molar-refractivity contribution is 6.35. The van der Waals surface area contributed by atoms with Crippen LogP contribution in [0.15, 0.2) is 72.8 Å². The van der Waals surface area contributed by atoms with Gasteiger partial charge < -0.3 is 9.84 Å². The van der Waals surface area contributed by atoms with Gasteiger partial charge in [0.2, 0.25) is 5.41 Å². The van der Waals surface area contributed by atoms with Crippen LogP contribution in [-0.4, -0.2) is 51.5 Å². The van der Waals surface area contributed by atoms with Crippen LogP contribution in [0, 0.1) is 0 Å². The molecule has 0 saturated carbocycles. The number of phenols is 1. The third-order valence-electron chi connectivity index (χ3n) is 9.71. The molecule has 1 N–H and O–H groups in total. The van der Waals surface area contributed by atoms with Crippen LogP contribution in [0.3, 0.4) is 0 Å². The molecular weight excluding hydrogens is 694 g/mol. The van der Waals surface area contributed by atoms with Crippen molar-refractivity contribution in [3.8, 4) is 22.6 Å². The Kier molecular flexibility index (Phi) is 7.14. The zero-order chi connectivity index (χ0) is 38.1. The highest BCUT2D eigenvalue weighted by Gasteiger charge is 2.73. The Bertz CT molecular complexity index is 2270. The number of ether oxygens (including phenoxy) is 1. The molecule has 8 nitrogen and oxygen atoms in total. The molecule has 4 aromatic carbocycles. The number of nitrogens with zero attached hydrogens (tertiary/aromatic N) is 2. The smallest absolute Gasteiger partial charge is 0.411 e. The minimum Gasteiger partial charge on any atom is -0.506 e. The van der Waals surface area contributed by atoms with E-state index in [-0.39, 0.29) is 11.3 Å². The van der Waals surface area contributed by atoms with Crippen molar-refractivity contribution >= 4 is 29.3 Å². The normalized spacial score (nSPS) is 16.8. The number of fused-ring (bicyclic) bond motifs is 3. The predicted molar refractivity (Wildman–Crippen MR) is 174 cm³/mol. The number of aromatic hydroxyl groups is 1. The lowest BCUT2D eigenvalue weighted by Crippen LogP contribution is -2.55. The minimum absolute atomic E-state index is 0.346. The summed E-state index contributed by atoms with van der Waals surface area (Å²) in [5, 5.41) is 11.0. The van der Waals surface area contributed by atoms with Crippen molar-refractivity contribution < 1.29 is 55.4 Å². The van der Waals surface area contributed by atoms with Crippen LogP contribution in [0.4, 0.5) is 32.0 Å². The second-order valence-electron chi connectivity index (χ2n) is 14.4. The molecule has 0 unspecified atom stereocenters. The molecule has 0 radical (unpaired) electrons. The molecule has 0 fully saturated rings. The molecule has 4 amide bonds. The van der Waals surface area contributed by atoms with Crippen LogP contribution in [0.5, 0.6) is 11.5 Å². The van der Waals surface area contributed by atoms with E-state index < -0.39 is 86.1 Å². The first-order valence-corrected chi connectivity index (χ1v) is 15.9. The molecule has 52 heavy (non-hydrogen) atoms. The first kappa shape index (κ1) is 34.8. The van der Waals surface area contributed by atoms with Gasteiger partial charge in [-0.05, 0) is 99.3 Å². The number of rotatable bonds is 4. The maximum absolute atomic E-state index is 15.1. The molecule has 7 rings (SSSR count). The van der Waals surface area contributed by atoms with Crippen LogP contribution in [0.1, 0.15) is 92.7 Å². The number of benzene rings is 4. The number of amides is 4. The highest BCUT2D eigenvalue weighted by Crippen LogP contribution is 2.57. The van der Waals surface area contributed by atoms with Gasteiger partial charge in [-0.2, -0.15) is 26.3 Å². The molecule has 3 aliphatic rings. The monoisotopic (exact) mass is 722 g/mol. The molecule has 4 aromatic rings. The van der Waals surface area contributed by atoms with E-state index in [1.807, 2.05) is 19.9 Å². The van der Waals surface area contributed by atoms with E-state index in [1.54, 1.807) is 12.1 Å². The Morgan fingerprint density at radius 2 is 1.10 bits per heavy atom. The van der Waals surface area contributed by atoms with Crippen LogP contribution < -0.4 is 9.64 Å². The molecule has 3 heterocycles. The van der Waals surface area contributed by atoms with Crippen LogP contribution >= 0.6 is 0 Å². The molecule has 0 aromatic heterocycles. The Morgan fingerprint density at radius 1 is 0.615 bits per heavy atom. The average molecular weight is 723 g/mol. The number of hydrogen-bond acceptors (Lipinski definition) is 6. The maximum atomic E-state index is 15.1. The molecule has 3 aliphatic heterocycles. The second kappa shape index (κ2) is 10.7. The van der Waals surface area contributed by atoms with E-state index in [2.05, 4.69) is 0 Å². The van der Waals surface area contributed by atoms with Crippen LogP contribution in [0.25, 0.3) is 11.1 Å². The van der Waals surface area contributed by atoms with Gasteiger partial charge in [0.15, 0.2) is 0 Å². The van der Waals surface area contributed by atoms with Gasteiger partial charge in [-0.1, -0.05) is 30.3 Å². The van der Waals surface area contributed by atoms with Crippen molar-refractivity contribution in [3.05, 3.63) is 112 Å². The predicted octanol–water partition coefficient (Wildman–Crippen LogP) is 8.29. The number of carbonyl (C=O) groups excluding carboxylic acids is 4. The Balaban J connectivity index is 1.30.